The van der Waals surface area contributed by atoms with Gasteiger partial charge in [0.15, 0.2) is 0 Å². The monoisotopic (exact) mass is 272 g/mol. The largest absolute Gasteiger partial charge is 0.312 e. The summed E-state index contributed by atoms with van der Waals surface area (Å²) in [5.74, 6) is 0.857. The Morgan fingerprint density at radius 2 is 2.05 bits per heavy atom. The Balaban J connectivity index is 1.41. The molecule has 0 amide bonds. The fourth-order valence-corrected chi connectivity index (χ4v) is 3.05. The average Bonchev–Trinajstić information content (AvgIpc) is 3.19. The molecule has 0 unspecified atom stereocenters. The zero-order valence-corrected chi connectivity index (χ0v) is 12.2. The smallest absolute Gasteiger partial charge is 0.0940 e. The number of aromatic nitrogens is 1. The molecule has 2 aromatic rings. The molecular formula is C16H20N2S. The van der Waals surface area contributed by atoms with Gasteiger partial charge >= 0.3 is 0 Å². The van der Waals surface area contributed by atoms with E-state index in [0.717, 1.165) is 31.1 Å². The first-order valence-corrected chi connectivity index (χ1v) is 7.90. The summed E-state index contributed by atoms with van der Waals surface area (Å²) < 4.78 is 0. The maximum Gasteiger partial charge on any atom is 0.0940 e. The minimum atomic E-state index is 0.857. The van der Waals surface area contributed by atoms with Gasteiger partial charge < -0.3 is 5.32 Å². The second-order valence-corrected chi connectivity index (χ2v) is 6.27. The maximum absolute atomic E-state index is 4.47. The molecule has 19 heavy (non-hydrogen) atoms. The predicted octanol–water partition coefficient (Wildman–Crippen LogP) is 3.66. The van der Waals surface area contributed by atoms with E-state index < -0.39 is 0 Å². The lowest BCUT2D eigenvalue weighted by Crippen LogP contribution is -2.16. The normalized spacial score (nSPS) is 14.8. The SMILES string of the molecule is Cc1csc(CCNCc2ccc(C3CC3)cc2)n1. The minimum absolute atomic E-state index is 0.857. The molecule has 3 heteroatoms. The van der Waals surface area contributed by atoms with Gasteiger partial charge in [0.2, 0.25) is 0 Å². The summed E-state index contributed by atoms with van der Waals surface area (Å²) in [5, 5.41) is 6.84. The van der Waals surface area contributed by atoms with E-state index >= 15 is 0 Å². The van der Waals surface area contributed by atoms with Crippen molar-refractivity contribution in [2.75, 3.05) is 6.54 Å². The zero-order chi connectivity index (χ0) is 13.1. The van der Waals surface area contributed by atoms with Gasteiger partial charge in [0.1, 0.15) is 0 Å². The third-order valence-electron chi connectivity index (χ3n) is 3.54. The molecule has 1 aromatic heterocycles. The van der Waals surface area contributed by atoms with Crippen molar-refractivity contribution in [2.24, 2.45) is 0 Å². The van der Waals surface area contributed by atoms with E-state index in [1.54, 1.807) is 11.3 Å². The van der Waals surface area contributed by atoms with Crippen molar-refractivity contribution >= 4 is 11.3 Å². The lowest BCUT2D eigenvalue weighted by atomic mass is 10.1. The molecule has 1 fully saturated rings. The summed E-state index contributed by atoms with van der Waals surface area (Å²) in [7, 11) is 0. The molecule has 0 saturated heterocycles. The van der Waals surface area contributed by atoms with Crippen LogP contribution in [0.5, 0.6) is 0 Å². The number of aryl methyl sites for hydroxylation is 1. The molecule has 0 spiro atoms. The standard InChI is InChI=1S/C16H20N2S/c1-12-11-19-16(18-12)8-9-17-10-13-2-4-14(5-3-13)15-6-7-15/h2-5,11,15,17H,6-10H2,1H3. The van der Waals surface area contributed by atoms with Crippen LogP contribution in [0.4, 0.5) is 0 Å². The van der Waals surface area contributed by atoms with Crippen LogP contribution < -0.4 is 5.32 Å². The summed E-state index contributed by atoms with van der Waals surface area (Å²) >= 11 is 1.76. The number of thiazole rings is 1. The molecular weight excluding hydrogens is 252 g/mol. The summed E-state index contributed by atoms with van der Waals surface area (Å²) in [6, 6.07) is 9.10. The quantitative estimate of drug-likeness (QED) is 0.812. The van der Waals surface area contributed by atoms with E-state index in [1.165, 1.54) is 29.0 Å². The van der Waals surface area contributed by atoms with Gasteiger partial charge in [0.25, 0.3) is 0 Å². The second kappa shape index (κ2) is 5.85. The van der Waals surface area contributed by atoms with Crippen LogP contribution in [-0.4, -0.2) is 11.5 Å². The van der Waals surface area contributed by atoms with Crippen LogP contribution in [-0.2, 0) is 13.0 Å². The molecule has 1 saturated carbocycles. The molecule has 100 valence electrons. The number of benzene rings is 1. The zero-order valence-electron chi connectivity index (χ0n) is 11.4. The van der Waals surface area contributed by atoms with E-state index in [9.17, 15) is 0 Å². The first-order chi connectivity index (χ1) is 9.31. The Morgan fingerprint density at radius 1 is 1.26 bits per heavy atom. The van der Waals surface area contributed by atoms with Crippen LogP contribution in [0.3, 0.4) is 0 Å². The molecule has 3 rings (SSSR count). The van der Waals surface area contributed by atoms with Crippen molar-refractivity contribution in [3.05, 3.63) is 51.5 Å². The van der Waals surface area contributed by atoms with Gasteiger partial charge in [-0.25, -0.2) is 4.98 Å². The summed E-state index contributed by atoms with van der Waals surface area (Å²) in [5.41, 5.74) is 4.03. The summed E-state index contributed by atoms with van der Waals surface area (Å²) in [6.45, 7) is 4.00. The molecule has 1 aliphatic rings. The highest BCUT2D eigenvalue weighted by atomic mass is 32.1. The predicted molar refractivity (Wildman–Crippen MR) is 80.7 cm³/mol. The van der Waals surface area contributed by atoms with E-state index in [2.05, 4.69) is 46.9 Å². The minimum Gasteiger partial charge on any atom is -0.312 e. The highest BCUT2D eigenvalue weighted by Crippen LogP contribution is 2.39. The van der Waals surface area contributed by atoms with Crippen molar-refractivity contribution in [3.63, 3.8) is 0 Å². The van der Waals surface area contributed by atoms with Crippen molar-refractivity contribution in [1.29, 1.82) is 0 Å². The van der Waals surface area contributed by atoms with Crippen molar-refractivity contribution in [2.45, 2.75) is 38.6 Å². The van der Waals surface area contributed by atoms with Crippen molar-refractivity contribution in [1.82, 2.24) is 10.3 Å². The first-order valence-electron chi connectivity index (χ1n) is 7.02. The number of rotatable bonds is 6. The molecule has 1 N–H and O–H groups in total. The Morgan fingerprint density at radius 3 is 2.68 bits per heavy atom. The highest BCUT2D eigenvalue weighted by molar-refractivity contribution is 7.09. The molecule has 1 aromatic carbocycles. The van der Waals surface area contributed by atoms with Crippen LogP contribution in [0.15, 0.2) is 29.6 Å². The van der Waals surface area contributed by atoms with Gasteiger partial charge in [0, 0.05) is 30.6 Å². The molecule has 1 aliphatic carbocycles. The fraction of sp³-hybridized carbons (Fsp3) is 0.438. The van der Waals surface area contributed by atoms with Crippen LogP contribution in [0, 0.1) is 6.92 Å². The third kappa shape index (κ3) is 3.64. The van der Waals surface area contributed by atoms with E-state index in [1.807, 2.05) is 0 Å². The lowest BCUT2D eigenvalue weighted by Gasteiger charge is -2.05. The van der Waals surface area contributed by atoms with E-state index in [0.29, 0.717) is 0 Å². The van der Waals surface area contributed by atoms with Gasteiger partial charge in [-0.05, 0) is 36.8 Å². The summed E-state index contributed by atoms with van der Waals surface area (Å²) in [4.78, 5) is 4.47. The average molecular weight is 272 g/mol. The first kappa shape index (κ1) is 12.8. The van der Waals surface area contributed by atoms with Gasteiger partial charge in [-0.1, -0.05) is 24.3 Å². The van der Waals surface area contributed by atoms with Gasteiger partial charge in [-0.2, -0.15) is 0 Å². The maximum atomic E-state index is 4.47. The Hall–Kier alpha value is -1.19. The highest BCUT2D eigenvalue weighted by Gasteiger charge is 2.22. The Labute approximate surface area is 118 Å². The fourth-order valence-electron chi connectivity index (χ4n) is 2.27. The molecule has 2 nitrogen and oxygen atoms in total. The van der Waals surface area contributed by atoms with Gasteiger partial charge in [0.05, 0.1) is 5.01 Å². The number of nitrogens with one attached hydrogen (secondary N) is 1. The van der Waals surface area contributed by atoms with Crippen LogP contribution >= 0.6 is 11.3 Å². The number of hydrogen-bond acceptors (Lipinski definition) is 3. The molecule has 0 radical (unpaired) electrons. The van der Waals surface area contributed by atoms with Crippen LogP contribution in [0.1, 0.15) is 40.6 Å². The van der Waals surface area contributed by atoms with Crippen molar-refractivity contribution in [3.8, 4) is 0 Å². The van der Waals surface area contributed by atoms with Gasteiger partial charge in [-0.15, -0.1) is 11.3 Å². The van der Waals surface area contributed by atoms with E-state index in [4.69, 9.17) is 0 Å². The Kier molecular flexibility index (Phi) is 3.95. The number of hydrogen-bond donors (Lipinski definition) is 1. The number of nitrogens with zero attached hydrogens (tertiary/aromatic N) is 1. The molecule has 0 aliphatic heterocycles. The molecule has 1 heterocycles. The third-order valence-corrected chi connectivity index (χ3v) is 4.57. The molecule has 0 atom stereocenters. The lowest BCUT2D eigenvalue weighted by molar-refractivity contribution is 0.684. The van der Waals surface area contributed by atoms with Crippen LogP contribution in [0.2, 0.25) is 0 Å². The van der Waals surface area contributed by atoms with Gasteiger partial charge in [-0.3, -0.25) is 0 Å². The van der Waals surface area contributed by atoms with E-state index in [-0.39, 0.29) is 0 Å². The Bertz CT molecular complexity index is 526. The van der Waals surface area contributed by atoms with Crippen LogP contribution in [0.25, 0.3) is 0 Å². The topological polar surface area (TPSA) is 24.9 Å². The second-order valence-electron chi connectivity index (χ2n) is 5.33. The van der Waals surface area contributed by atoms with Crippen molar-refractivity contribution < 1.29 is 0 Å². The molecule has 0 bridgehead atoms. The summed E-state index contributed by atoms with van der Waals surface area (Å²) in [6.07, 6.45) is 3.79.